The summed E-state index contributed by atoms with van der Waals surface area (Å²) in [6.07, 6.45) is 0.411. The molecule has 1 aromatic heterocycles. The molecule has 1 aromatic carbocycles. The summed E-state index contributed by atoms with van der Waals surface area (Å²) in [5.41, 5.74) is 2.25. The highest BCUT2D eigenvalue weighted by atomic mass is 16.5. The van der Waals surface area contributed by atoms with Crippen LogP contribution in [0.3, 0.4) is 0 Å². The molecule has 108 valence electrons. The molecule has 2 aromatic rings. The Balaban J connectivity index is 2.18. The maximum atomic E-state index is 12.1. The van der Waals surface area contributed by atoms with Crippen molar-refractivity contribution in [3.8, 4) is 11.8 Å². The van der Waals surface area contributed by atoms with E-state index in [4.69, 9.17) is 9.63 Å². The Morgan fingerprint density at radius 2 is 2.19 bits per heavy atom. The van der Waals surface area contributed by atoms with E-state index in [1.54, 1.807) is 25.1 Å². The fourth-order valence-corrected chi connectivity index (χ4v) is 1.73. The summed E-state index contributed by atoms with van der Waals surface area (Å²) in [4.78, 5) is 12.1. The van der Waals surface area contributed by atoms with Gasteiger partial charge in [0.1, 0.15) is 5.76 Å². The van der Waals surface area contributed by atoms with Gasteiger partial charge < -0.3 is 14.9 Å². The number of nitrogens with zero attached hydrogens (tertiary/aromatic N) is 1. The van der Waals surface area contributed by atoms with Crippen LogP contribution in [0, 0.1) is 25.7 Å². The van der Waals surface area contributed by atoms with Crippen LogP contribution in [0.5, 0.6) is 0 Å². The third-order valence-corrected chi connectivity index (χ3v) is 2.83. The van der Waals surface area contributed by atoms with Crippen LogP contribution in [0.15, 0.2) is 28.8 Å². The average Bonchev–Trinajstić information content (AvgIpc) is 2.86. The number of aromatic nitrogens is 1. The van der Waals surface area contributed by atoms with Gasteiger partial charge in [0.2, 0.25) is 0 Å². The quantitative estimate of drug-likeness (QED) is 0.848. The maximum Gasteiger partial charge on any atom is 0.256 e. The molecular formula is C16H16N2O3. The molecule has 5 nitrogen and oxygen atoms in total. The first kappa shape index (κ1) is 14.8. The van der Waals surface area contributed by atoms with Crippen molar-refractivity contribution >= 4 is 11.7 Å². The van der Waals surface area contributed by atoms with E-state index in [2.05, 4.69) is 22.3 Å². The summed E-state index contributed by atoms with van der Waals surface area (Å²) in [7, 11) is 0. The number of amides is 1. The molecule has 0 bridgehead atoms. The van der Waals surface area contributed by atoms with Crippen LogP contribution in [-0.2, 0) is 0 Å². The van der Waals surface area contributed by atoms with Crippen LogP contribution in [0.2, 0.25) is 0 Å². The zero-order valence-electron chi connectivity index (χ0n) is 11.9. The van der Waals surface area contributed by atoms with Gasteiger partial charge in [-0.05, 0) is 31.5 Å². The average molecular weight is 284 g/mol. The van der Waals surface area contributed by atoms with Gasteiger partial charge in [-0.1, -0.05) is 23.1 Å². The van der Waals surface area contributed by atoms with E-state index >= 15 is 0 Å². The number of anilines is 1. The van der Waals surface area contributed by atoms with Gasteiger partial charge in [-0.25, -0.2) is 0 Å². The fraction of sp³-hybridized carbons (Fsp3) is 0.250. The lowest BCUT2D eigenvalue weighted by atomic mass is 10.0. The van der Waals surface area contributed by atoms with Gasteiger partial charge in [0, 0.05) is 23.6 Å². The van der Waals surface area contributed by atoms with Crippen molar-refractivity contribution in [2.24, 2.45) is 0 Å². The number of rotatable bonds is 3. The van der Waals surface area contributed by atoms with Gasteiger partial charge in [-0.2, -0.15) is 0 Å². The number of aliphatic hydroxyl groups is 1. The number of hydrogen-bond donors (Lipinski definition) is 2. The Bertz CT molecular complexity index is 708. The summed E-state index contributed by atoms with van der Waals surface area (Å²) in [6, 6.07) is 6.94. The van der Waals surface area contributed by atoms with Crippen molar-refractivity contribution < 1.29 is 14.4 Å². The molecule has 1 amide bonds. The molecule has 0 aliphatic heterocycles. The molecule has 0 atom stereocenters. The smallest absolute Gasteiger partial charge is 0.256 e. The van der Waals surface area contributed by atoms with E-state index in [9.17, 15) is 4.79 Å². The Kier molecular flexibility index (Phi) is 4.75. The first-order valence-electron chi connectivity index (χ1n) is 6.55. The lowest BCUT2D eigenvalue weighted by Crippen LogP contribution is -2.12. The molecule has 2 rings (SSSR count). The molecule has 0 unspecified atom stereocenters. The molecule has 0 saturated carbocycles. The molecule has 5 heteroatoms. The van der Waals surface area contributed by atoms with Crippen molar-refractivity contribution in [1.29, 1.82) is 0 Å². The van der Waals surface area contributed by atoms with Gasteiger partial charge in [-0.15, -0.1) is 0 Å². The molecule has 0 aliphatic rings. The minimum atomic E-state index is -0.270. The molecule has 0 fully saturated rings. The van der Waals surface area contributed by atoms with Crippen molar-refractivity contribution in [2.75, 3.05) is 11.9 Å². The second-order valence-electron chi connectivity index (χ2n) is 4.58. The van der Waals surface area contributed by atoms with Gasteiger partial charge in [0.05, 0.1) is 6.61 Å². The van der Waals surface area contributed by atoms with E-state index < -0.39 is 0 Å². The molecule has 1 heterocycles. The van der Waals surface area contributed by atoms with Crippen molar-refractivity contribution in [3.63, 3.8) is 0 Å². The Morgan fingerprint density at radius 3 is 2.86 bits per heavy atom. The predicted octanol–water partition coefficient (Wildman–Crippen LogP) is 2.28. The zero-order valence-corrected chi connectivity index (χ0v) is 11.9. The molecule has 0 aliphatic carbocycles. The van der Waals surface area contributed by atoms with Gasteiger partial charge in [0.15, 0.2) is 5.82 Å². The summed E-state index contributed by atoms with van der Waals surface area (Å²) >= 11 is 0. The molecule has 0 spiro atoms. The highest BCUT2D eigenvalue weighted by Crippen LogP contribution is 2.13. The summed E-state index contributed by atoms with van der Waals surface area (Å²) in [5.74, 6) is 6.55. The van der Waals surface area contributed by atoms with E-state index in [1.807, 2.05) is 13.0 Å². The van der Waals surface area contributed by atoms with Crippen molar-refractivity contribution in [3.05, 3.63) is 46.7 Å². The van der Waals surface area contributed by atoms with Crippen molar-refractivity contribution in [1.82, 2.24) is 5.16 Å². The number of carbonyl (C=O) groups is 1. The van der Waals surface area contributed by atoms with Crippen LogP contribution in [0.1, 0.15) is 33.7 Å². The highest BCUT2D eigenvalue weighted by Gasteiger charge is 2.10. The van der Waals surface area contributed by atoms with Crippen LogP contribution < -0.4 is 5.32 Å². The Morgan fingerprint density at radius 1 is 1.38 bits per heavy atom. The maximum absolute atomic E-state index is 12.1. The lowest BCUT2D eigenvalue weighted by molar-refractivity contribution is 0.102. The monoisotopic (exact) mass is 284 g/mol. The molecule has 21 heavy (non-hydrogen) atoms. The van der Waals surface area contributed by atoms with Gasteiger partial charge >= 0.3 is 0 Å². The minimum absolute atomic E-state index is 0.0255. The van der Waals surface area contributed by atoms with Crippen LogP contribution in [0.25, 0.3) is 0 Å². The SMILES string of the molecule is Cc1cc(NC(=O)c2ccc(C)c(C#CCCO)c2)no1. The number of hydrogen-bond acceptors (Lipinski definition) is 4. The molecule has 0 radical (unpaired) electrons. The van der Waals surface area contributed by atoms with E-state index in [-0.39, 0.29) is 12.5 Å². The number of nitrogens with one attached hydrogen (secondary N) is 1. The highest BCUT2D eigenvalue weighted by molar-refractivity contribution is 6.04. The number of benzene rings is 1. The number of aryl methyl sites for hydroxylation is 2. The molecule has 2 N–H and O–H groups in total. The summed E-state index contributed by atoms with van der Waals surface area (Å²) in [5, 5.41) is 15.1. The lowest BCUT2D eigenvalue weighted by Gasteiger charge is -2.04. The fourth-order valence-electron chi connectivity index (χ4n) is 1.73. The van der Waals surface area contributed by atoms with Crippen LogP contribution in [0.4, 0.5) is 5.82 Å². The van der Waals surface area contributed by atoms with Crippen LogP contribution in [-0.4, -0.2) is 22.8 Å². The largest absolute Gasteiger partial charge is 0.395 e. The summed E-state index contributed by atoms with van der Waals surface area (Å²) < 4.78 is 4.90. The molecule has 0 saturated heterocycles. The summed E-state index contributed by atoms with van der Waals surface area (Å²) in [6.45, 7) is 3.70. The van der Waals surface area contributed by atoms with E-state index in [0.29, 0.717) is 23.6 Å². The second-order valence-corrected chi connectivity index (χ2v) is 4.58. The third kappa shape index (κ3) is 3.94. The van der Waals surface area contributed by atoms with Crippen molar-refractivity contribution in [2.45, 2.75) is 20.3 Å². The minimum Gasteiger partial charge on any atom is -0.395 e. The van der Waals surface area contributed by atoms with Gasteiger partial charge in [-0.3, -0.25) is 4.79 Å². The first-order valence-corrected chi connectivity index (χ1v) is 6.55. The number of carbonyl (C=O) groups excluding carboxylic acids is 1. The Hall–Kier alpha value is -2.58. The second kappa shape index (κ2) is 6.73. The van der Waals surface area contributed by atoms with E-state index in [1.165, 1.54) is 0 Å². The first-order chi connectivity index (χ1) is 10.1. The topological polar surface area (TPSA) is 75.4 Å². The van der Waals surface area contributed by atoms with Crippen LogP contribution >= 0.6 is 0 Å². The Labute approximate surface area is 123 Å². The standard InChI is InChI=1S/C16H16N2O3/c1-11-6-7-14(10-13(11)5-3-4-8-19)16(20)17-15-9-12(2)21-18-15/h6-7,9-10,19H,4,8H2,1-2H3,(H,17,18,20). The normalized spacial score (nSPS) is 9.86. The van der Waals surface area contributed by atoms with E-state index in [0.717, 1.165) is 11.1 Å². The predicted molar refractivity (Wildman–Crippen MR) is 79.0 cm³/mol. The molecular weight excluding hydrogens is 268 g/mol. The third-order valence-electron chi connectivity index (χ3n) is 2.83. The van der Waals surface area contributed by atoms with Gasteiger partial charge in [0.25, 0.3) is 5.91 Å². The number of aliphatic hydroxyl groups excluding tert-OH is 1. The zero-order chi connectivity index (χ0) is 15.2.